The van der Waals surface area contributed by atoms with Gasteiger partial charge in [0, 0.05) is 45.0 Å². The van der Waals surface area contributed by atoms with Gasteiger partial charge in [-0.3, -0.25) is 4.90 Å². The number of methoxy groups -OCH3 is 1. The van der Waals surface area contributed by atoms with E-state index in [9.17, 15) is 21.6 Å². The fraction of sp³-hybridized carbons (Fsp3) is 0.700. The van der Waals surface area contributed by atoms with E-state index in [1.54, 1.807) is 0 Å². The van der Waals surface area contributed by atoms with Crippen LogP contribution in [0.25, 0.3) is 0 Å². The highest BCUT2D eigenvalue weighted by Crippen LogP contribution is 2.40. The largest absolute Gasteiger partial charge is 0.417 e. The predicted octanol–water partition coefficient (Wildman–Crippen LogP) is 3.58. The van der Waals surface area contributed by atoms with Crippen LogP contribution in [-0.2, 0) is 20.8 Å². The first-order valence-corrected chi connectivity index (χ1v) is 11.6. The van der Waals surface area contributed by atoms with Crippen molar-refractivity contribution < 1.29 is 26.3 Å². The van der Waals surface area contributed by atoms with Gasteiger partial charge in [0.15, 0.2) is 9.84 Å². The highest BCUT2D eigenvalue weighted by molar-refractivity contribution is 7.92. The van der Waals surface area contributed by atoms with E-state index >= 15 is 0 Å². The Kier molecular flexibility index (Phi) is 6.50. The second-order valence-corrected chi connectivity index (χ2v) is 10.3. The number of hydrogen-bond donors (Lipinski definition) is 0. The number of anilines is 1. The normalized spacial score (nSPS) is 24.4. The molecule has 2 fully saturated rings. The molecule has 1 aromatic carbocycles. The van der Waals surface area contributed by atoms with Crippen molar-refractivity contribution in [3.63, 3.8) is 0 Å². The van der Waals surface area contributed by atoms with Crippen LogP contribution in [0.2, 0.25) is 0 Å². The fourth-order valence-electron chi connectivity index (χ4n) is 4.26. The minimum Gasteiger partial charge on any atom is -0.381 e. The van der Waals surface area contributed by atoms with E-state index < -0.39 is 31.7 Å². The highest BCUT2D eigenvalue weighted by Gasteiger charge is 2.42. The second kappa shape index (κ2) is 8.43. The fourth-order valence-corrected chi connectivity index (χ4v) is 6.27. The zero-order chi connectivity index (χ0) is 21.4. The molecule has 3 rings (SSSR count). The van der Waals surface area contributed by atoms with Crippen LogP contribution in [-0.4, -0.2) is 64.0 Å². The van der Waals surface area contributed by atoms with Crippen LogP contribution in [0.3, 0.4) is 0 Å². The zero-order valence-electron chi connectivity index (χ0n) is 17.1. The molecule has 0 bridgehead atoms. The van der Waals surface area contributed by atoms with E-state index in [1.807, 2.05) is 4.90 Å². The number of piperazine rings is 1. The summed E-state index contributed by atoms with van der Waals surface area (Å²) in [6.07, 6.45) is -3.87. The molecule has 9 heteroatoms. The van der Waals surface area contributed by atoms with Crippen LogP contribution >= 0.6 is 0 Å². The molecule has 0 aromatic heterocycles. The van der Waals surface area contributed by atoms with E-state index in [1.165, 1.54) is 13.2 Å². The molecule has 1 heterocycles. The number of rotatable bonds is 5. The molecule has 29 heavy (non-hydrogen) atoms. The Balaban J connectivity index is 1.90. The topological polar surface area (TPSA) is 49.9 Å². The highest BCUT2D eigenvalue weighted by atomic mass is 32.2. The minimum absolute atomic E-state index is 0.222. The maximum Gasteiger partial charge on any atom is 0.417 e. The van der Waals surface area contributed by atoms with Crippen molar-refractivity contribution in [3.8, 4) is 0 Å². The molecule has 5 nitrogen and oxygen atoms in total. The lowest BCUT2D eigenvalue weighted by Crippen LogP contribution is -2.49. The Bertz CT molecular complexity index is 819. The SMILES string of the molecule is CO[C@H]1CC[C@@H](S(=O)(=O)c2ccc(N3CCN(C(C)C)CC3)cc2C(F)(F)F)C1. The molecule has 164 valence electrons. The van der Waals surface area contributed by atoms with Crippen LogP contribution in [0, 0.1) is 0 Å². The summed E-state index contributed by atoms with van der Waals surface area (Å²) < 4.78 is 72.6. The molecule has 0 spiro atoms. The lowest BCUT2D eigenvalue weighted by molar-refractivity contribution is -0.139. The average Bonchev–Trinajstić information content (AvgIpc) is 3.17. The Morgan fingerprint density at radius 2 is 1.76 bits per heavy atom. The van der Waals surface area contributed by atoms with Crippen molar-refractivity contribution in [2.24, 2.45) is 0 Å². The van der Waals surface area contributed by atoms with Crippen LogP contribution < -0.4 is 4.90 Å². The molecule has 1 saturated carbocycles. The molecule has 2 aliphatic rings. The molecule has 1 aliphatic heterocycles. The molecule has 0 N–H and O–H groups in total. The smallest absolute Gasteiger partial charge is 0.381 e. The van der Waals surface area contributed by atoms with Gasteiger partial charge in [0.2, 0.25) is 0 Å². The van der Waals surface area contributed by atoms with Crippen molar-refractivity contribution in [1.29, 1.82) is 0 Å². The number of alkyl halides is 3. The van der Waals surface area contributed by atoms with Crippen molar-refractivity contribution >= 4 is 15.5 Å². The van der Waals surface area contributed by atoms with Crippen LogP contribution in [0.5, 0.6) is 0 Å². The molecule has 1 aliphatic carbocycles. The van der Waals surface area contributed by atoms with Crippen LogP contribution in [0.4, 0.5) is 18.9 Å². The summed E-state index contributed by atoms with van der Waals surface area (Å²) in [5.41, 5.74) is -0.650. The summed E-state index contributed by atoms with van der Waals surface area (Å²) >= 11 is 0. The lowest BCUT2D eigenvalue weighted by Gasteiger charge is -2.38. The monoisotopic (exact) mass is 434 g/mol. The standard InChI is InChI=1S/C20H29F3N2O3S/c1-14(2)24-8-10-25(11-9-24)15-4-7-19(18(12-15)20(21,22)23)29(26,27)17-6-5-16(13-17)28-3/h4,7,12,14,16-17H,5-6,8-11,13H2,1-3H3/t16-,17+/m0/s1. The Morgan fingerprint density at radius 3 is 2.28 bits per heavy atom. The van der Waals surface area contributed by atoms with Crippen molar-refractivity contribution in [3.05, 3.63) is 23.8 Å². The summed E-state index contributed by atoms with van der Waals surface area (Å²) in [6, 6.07) is 4.04. The average molecular weight is 435 g/mol. The van der Waals surface area contributed by atoms with E-state index in [0.717, 1.165) is 25.2 Å². The second-order valence-electron chi connectivity index (χ2n) is 8.13. The van der Waals surface area contributed by atoms with Gasteiger partial charge in [-0.25, -0.2) is 8.42 Å². The zero-order valence-corrected chi connectivity index (χ0v) is 17.9. The molecular weight excluding hydrogens is 405 g/mol. The lowest BCUT2D eigenvalue weighted by atomic mass is 10.1. The number of hydrogen-bond acceptors (Lipinski definition) is 5. The Hall–Kier alpha value is -1.32. The van der Waals surface area contributed by atoms with E-state index in [0.29, 0.717) is 37.7 Å². The molecule has 0 radical (unpaired) electrons. The van der Waals surface area contributed by atoms with Gasteiger partial charge < -0.3 is 9.64 Å². The van der Waals surface area contributed by atoms with Crippen LogP contribution in [0.1, 0.15) is 38.7 Å². The number of sulfone groups is 1. The predicted molar refractivity (Wildman–Crippen MR) is 106 cm³/mol. The van der Waals surface area contributed by atoms with Gasteiger partial charge in [0.25, 0.3) is 0 Å². The van der Waals surface area contributed by atoms with Gasteiger partial charge in [0.05, 0.1) is 21.8 Å². The van der Waals surface area contributed by atoms with Crippen molar-refractivity contribution in [2.45, 2.75) is 61.6 Å². The Labute approximate surface area is 170 Å². The maximum atomic E-state index is 13.8. The van der Waals surface area contributed by atoms with Gasteiger partial charge >= 0.3 is 6.18 Å². The van der Waals surface area contributed by atoms with E-state index in [2.05, 4.69) is 18.7 Å². The number of ether oxygens (including phenoxy) is 1. The first kappa shape index (κ1) is 22.4. The third kappa shape index (κ3) is 4.72. The maximum absolute atomic E-state index is 13.8. The molecule has 0 unspecified atom stereocenters. The van der Waals surface area contributed by atoms with Crippen LogP contribution in [0.15, 0.2) is 23.1 Å². The van der Waals surface area contributed by atoms with Gasteiger partial charge in [-0.05, 0) is 51.3 Å². The summed E-state index contributed by atoms with van der Waals surface area (Å²) in [6.45, 7) is 6.93. The van der Waals surface area contributed by atoms with Crippen molar-refractivity contribution in [1.82, 2.24) is 4.90 Å². The van der Waals surface area contributed by atoms with Gasteiger partial charge in [-0.1, -0.05) is 0 Å². The summed E-state index contributed by atoms with van der Waals surface area (Å²) in [5.74, 6) is 0. The minimum atomic E-state index is -4.74. The first-order valence-electron chi connectivity index (χ1n) is 10.0. The first-order chi connectivity index (χ1) is 13.5. The summed E-state index contributed by atoms with van der Waals surface area (Å²) in [7, 11) is -2.60. The number of halogens is 3. The third-order valence-corrected chi connectivity index (χ3v) is 8.37. The molecule has 1 aromatic rings. The van der Waals surface area contributed by atoms with Crippen molar-refractivity contribution in [2.75, 3.05) is 38.2 Å². The van der Waals surface area contributed by atoms with Gasteiger partial charge in [0.1, 0.15) is 0 Å². The number of benzene rings is 1. The summed E-state index contributed by atoms with van der Waals surface area (Å²) in [5, 5.41) is -0.839. The van der Waals surface area contributed by atoms with E-state index in [-0.39, 0.29) is 12.5 Å². The molecule has 2 atom stereocenters. The Morgan fingerprint density at radius 1 is 1.10 bits per heavy atom. The molecule has 0 amide bonds. The van der Waals surface area contributed by atoms with E-state index in [4.69, 9.17) is 4.74 Å². The molecular formula is C20H29F3N2O3S. The summed E-state index contributed by atoms with van der Waals surface area (Å²) in [4.78, 5) is 3.55. The number of nitrogens with zero attached hydrogens (tertiary/aromatic N) is 2. The quantitative estimate of drug-likeness (QED) is 0.709. The van der Waals surface area contributed by atoms with Gasteiger partial charge in [-0.2, -0.15) is 13.2 Å². The third-order valence-electron chi connectivity index (χ3n) is 6.09. The van der Waals surface area contributed by atoms with Gasteiger partial charge in [-0.15, -0.1) is 0 Å². The molecule has 1 saturated heterocycles.